The lowest BCUT2D eigenvalue weighted by Gasteiger charge is -2.06. The molecule has 0 saturated heterocycles. The first kappa shape index (κ1) is 14.6. The number of carbonyl (C=O) groups excluding carboxylic acids is 1. The average molecular weight is 327 g/mol. The number of rotatable bonds is 5. The average Bonchev–Trinajstić information content (AvgIpc) is 3.24. The molecule has 22 heavy (non-hydrogen) atoms. The van der Waals surface area contributed by atoms with Crippen LogP contribution >= 0.6 is 22.7 Å². The Kier molecular flexibility index (Phi) is 4.72. The molecule has 0 aliphatic carbocycles. The van der Waals surface area contributed by atoms with Crippen molar-refractivity contribution >= 4 is 34.7 Å². The van der Waals surface area contributed by atoms with E-state index in [2.05, 4.69) is 15.3 Å². The van der Waals surface area contributed by atoms with E-state index in [9.17, 15) is 4.79 Å². The van der Waals surface area contributed by atoms with Gasteiger partial charge in [0.25, 0.3) is 0 Å². The van der Waals surface area contributed by atoms with E-state index in [1.165, 1.54) is 6.08 Å². The number of nitrogens with zero attached hydrogens (tertiary/aromatic N) is 2. The van der Waals surface area contributed by atoms with Crippen molar-refractivity contribution in [1.29, 1.82) is 0 Å². The normalized spacial score (nSPS) is 10.9. The number of amides is 1. The minimum atomic E-state index is -0.143. The highest BCUT2D eigenvalue weighted by Crippen LogP contribution is 2.22. The molecular formula is C16H13N3OS2. The van der Waals surface area contributed by atoms with E-state index in [-0.39, 0.29) is 5.91 Å². The summed E-state index contributed by atoms with van der Waals surface area (Å²) in [4.78, 5) is 21.6. The summed E-state index contributed by atoms with van der Waals surface area (Å²) in [6, 6.07) is 5.91. The summed E-state index contributed by atoms with van der Waals surface area (Å²) in [5.41, 5.74) is 2.60. The summed E-state index contributed by atoms with van der Waals surface area (Å²) in [6.07, 6.45) is 6.64. The van der Waals surface area contributed by atoms with Crippen LogP contribution in [0.1, 0.15) is 10.6 Å². The van der Waals surface area contributed by atoms with Crippen LogP contribution in [0, 0.1) is 0 Å². The largest absolute Gasteiger partial charge is 0.347 e. The second-order valence-corrected chi connectivity index (χ2v) is 6.19. The van der Waals surface area contributed by atoms with Gasteiger partial charge in [-0.2, -0.15) is 11.3 Å². The standard InChI is InChI=1S/C16H13N3OS2/c20-15(4-3-13-2-1-8-22-13)19-10-14-16(18-7-6-17-14)12-5-9-21-11-12/h1-9,11H,10H2,(H,19,20). The number of aromatic nitrogens is 2. The maximum absolute atomic E-state index is 11.9. The van der Waals surface area contributed by atoms with Gasteiger partial charge in [0.2, 0.25) is 5.91 Å². The molecule has 3 heterocycles. The van der Waals surface area contributed by atoms with Crippen LogP contribution in [-0.2, 0) is 11.3 Å². The number of nitrogens with one attached hydrogen (secondary N) is 1. The first-order chi connectivity index (χ1) is 10.8. The van der Waals surface area contributed by atoms with Gasteiger partial charge in [0.05, 0.1) is 17.9 Å². The highest BCUT2D eigenvalue weighted by molar-refractivity contribution is 7.10. The molecule has 4 nitrogen and oxygen atoms in total. The van der Waals surface area contributed by atoms with Gasteiger partial charge in [0.15, 0.2) is 0 Å². The van der Waals surface area contributed by atoms with Crippen LogP contribution in [0.3, 0.4) is 0 Å². The summed E-state index contributed by atoms with van der Waals surface area (Å²) in [5.74, 6) is -0.143. The van der Waals surface area contributed by atoms with E-state index in [0.717, 1.165) is 21.8 Å². The maximum Gasteiger partial charge on any atom is 0.244 e. The van der Waals surface area contributed by atoms with Crippen molar-refractivity contribution in [3.05, 3.63) is 63.4 Å². The molecule has 0 aromatic carbocycles. The summed E-state index contributed by atoms with van der Waals surface area (Å²) in [7, 11) is 0. The predicted octanol–water partition coefficient (Wildman–Crippen LogP) is 3.60. The molecular weight excluding hydrogens is 314 g/mol. The van der Waals surface area contributed by atoms with E-state index in [4.69, 9.17) is 0 Å². The topological polar surface area (TPSA) is 54.9 Å². The molecule has 0 radical (unpaired) electrons. The van der Waals surface area contributed by atoms with Crippen LogP contribution in [0.15, 0.2) is 52.8 Å². The number of thiophene rings is 2. The van der Waals surface area contributed by atoms with Gasteiger partial charge in [0, 0.05) is 34.3 Å². The van der Waals surface area contributed by atoms with Crippen LogP contribution < -0.4 is 5.32 Å². The fourth-order valence-electron chi connectivity index (χ4n) is 1.91. The quantitative estimate of drug-likeness (QED) is 0.729. The van der Waals surface area contributed by atoms with Crippen LogP contribution in [0.25, 0.3) is 17.3 Å². The van der Waals surface area contributed by atoms with Gasteiger partial charge in [-0.3, -0.25) is 14.8 Å². The number of carbonyl (C=O) groups is 1. The molecule has 0 aliphatic rings. The lowest BCUT2D eigenvalue weighted by atomic mass is 10.2. The van der Waals surface area contributed by atoms with Crippen LogP contribution in [0.2, 0.25) is 0 Å². The summed E-state index contributed by atoms with van der Waals surface area (Å²) in [5, 5.41) is 8.84. The minimum absolute atomic E-state index is 0.143. The van der Waals surface area contributed by atoms with Gasteiger partial charge in [-0.1, -0.05) is 6.07 Å². The second-order valence-electron chi connectivity index (χ2n) is 4.43. The van der Waals surface area contributed by atoms with Crippen molar-refractivity contribution in [2.24, 2.45) is 0 Å². The third kappa shape index (κ3) is 3.66. The number of hydrogen-bond acceptors (Lipinski definition) is 5. The molecule has 0 fully saturated rings. The highest BCUT2D eigenvalue weighted by Gasteiger charge is 2.08. The highest BCUT2D eigenvalue weighted by atomic mass is 32.1. The van der Waals surface area contributed by atoms with E-state index in [1.54, 1.807) is 41.1 Å². The van der Waals surface area contributed by atoms with Crippen molar-refractivity contribution in [3.8, 4) is 11.3 Å². The lowest BCUT2D eigenvalue weighted by molar-refractivity contribution is -0.116. The molecule has 3 rings (SSSR count). The van der Waals surface area contributed by atoms with E-state index >= 15 is 0 Å². The van der Waals surface area contributed by atoms with E-state index in [1.807, 2.05) is 34.3 Å². The summed E-state index contributed by atoms with van der Waals surface area (Å²) < 4.78 is 0. The Labute approximate surface area is 136 Å². The van der Waals surface area contributed by atoms with Gasteiger partial charge in [-0.25, -0.2) is 0 Å². The Bertz CT molecular complexity index is 765. The fourth-order valence-corrected chi connectivity index (χ4v) is 3.17. The first-order valence-corrected chi connectivity index (χ1v) is 8.47. The van der Waals surface area contributed by atoms with E-state index < -0.39 is 0 Å². The second kappa shape index (κ2) is 7.11. The number of hydrogen-bond donors (Lipinski definition) is 1. The molecule has 6 heteroatoms. The SMILES string of the molecule is O=C(C=Cc1cccs1)NCc1nccnc1-c1ccsc1. The molecule has 110 valence electrons. The van der Waals surface area contributed by atoms with Crippen molar-refractivity contribution in [2.75, 3.05) is 0 Å². The Morgan fingerprint density at radius 3 is 2.91 bits per heavy atom. The molecule has 0 spiro atoms. The Morgan fingerprint density at radius 1 is 1.23 bits per heavy atom. The third-order valence-corrected chi connectivity index (χ3v) is 4.46. The Hall–Kier alpha value is -2.31. The Balaban J connectivity index is 1.66. The molecule has 3 aromatic rings. The van der Waals surface area contributed by atoms with Gasteiger partial charge in [0.1, 0.15) is 0 Å². The summed E-state index contributed by atoms with van der Waals surface area (Å²) in [6.45, 7) is 0.354. The zero-order valence-electron chi connectivity index (χ0n) is 11.6. The smallest absolute Gasteiger partial charge is 0.244 e. The van der Waals surface area contributed by atoms with E-state index in [0.29, 0.717) is 6.54 Å². The summed E-state index contributed by atoms with van der Waals surface area (Å²) >= 11 is 3.20. The van der Waals surface area contributed by atoms with Gasteiger partial charge < -0.3 is 5.32 Å². The van der Waals surface area contributed by atoms with Crippen molar-refractivity contribution < 1.29 is 4.79 Å². The van der Waals surface area contributed by atoms with Gasteiger partial charge >= 0.3 is 0 Å². The molecule has 3 aromatic heterocycles. The van der Waals surface area contributed by atoms with Crippen LogP contribution in [-0.4, -0.2) is 15.9 Å². The predicted molar refractivity (Wildman–Crippen MR) is 90.5 cm³/mol. The minimum Gasteiger partial charge on any atom is -0.347 e. The van der Waals surface area contributed by atoms with Gasteiger partial charge in [-0.05, 0) is 29.0 Å². The fraction of sp³-hybridized carbons (Fsp3) is 0.0625. The first-order valence-electron chi connectivity index (χ1n) is 6.65. The lowest BCUT2D eigenvalue weighted by Crippen LogP contribution is -2.21. The zero-order chi connectivity index (χ0) is 15.2. The van der Waals surface area contributed by atoms with Crippen LogP contribution in [0.4, 0.5) is 0 Å². The maximum atomic E-state index is 11.9. The molecule has 0 bridgehead atoms. The third-order valence-electron chi connectivity index (χ3n) is 2.94. The molecule has 0 aliphatic heterocycles. The monoisotopic (exact) mass is 327 g/mol. The van der Waals surface area contributed by atoms with Crippen molar-refractivity contribution in [1.82, 2.24) is 15.3 Å². The van der Waals surface area contributed by atoms with Gasteiger partial charge in [-0.15, -0.1) is 11.3 Å². The Morgan fingerprint density at radius 2 is 2.14 bits per heavy atom. The molecule has 0 saturated carbocycles. The van der Waals surface area contributed by atoms with Crippen molar-refractivity contribution in [3.63, 3.8) is 0 Å². The molecule has 1 amide bonds. The van der Waals surface area contributed by atoms with Crippen molar-refractivity contribution in [2.45, 2.75) is 6.54 Å². The zero-order valence-corrected chi connectivity index (χ0v) is 13.2. The molecule has 0 atom stereocenters. The molecule has 0 unspecified atom stereocenters. The van der Waals surface area contributed by atoms with Crippen LogP contribution in [0.5, 0.6) is 0 Å². The molecule has 1 N–H and O–H groups in total.